The van der Waals surface area contributed by atoms with Gasteiger partial charge < -0.3 is 5.32 Å². The summed E-state index contributed by atoms with van der Waals surface area (Å²) in [4.78, 5) is 4.28. The molecule has 108 valence electrons. The van der Waals surface area contributed by atoms with E-state index in [9.17, 15) is 0 Å². The number of pyridine rings is 1. The summed E-state index contributed by atoms with van der Waals surface area (Å²) in [5.74, 6) is 0. The third-order valence-corrected chi connectivity index (χ3v) is 3.41. The van der Waals surface area contributed by atoms with Crippen LogP contribution in [0, 0.1) is 6.92 Å². The van der Waals surface area contributed by atoms with Crippen molar-refractivity contribution in [3.05, 3.63) is 47.5 Å². The smallest absolute Gasteiger partial charge is 0.0522 e. The van der Waals surface area contributed by atoms with Crippen molar-refractivity contribution < 1.29 is 0 Å². The molecule has 2 aromatic rings. The molecule has 2 aromatic heterocycles. The van der Waals surface area contributed by atoms with Crippen molar-refractivity contribution >= 4 is 0 Å². The molecule has 0 aliphatic heterocycles. The van der Waals surface area contributed by atoms with Crippen molar-refractivity contribution in [2.24, 2.45) is 0 Å². The summed E-state index contributed by atoms with van der Waals surface area (Å²) in [6.07, 6.45) is 8.09. The molecule has 0 spiro atoms. The first-order chi connectivity index (χ1) is 9.72. The molecule has 1 N–H and O–H groups in total. The van der Waals surface area contributed by atoms with E-state index >= 15 is 0 Å². The normalized spacial score (nSPS) is 12.6. The van der Waals surface area contributed by atoms with Gasteiger partial charge in [-0.25, -0.2) is 0 Å². The number of hydrogen-bond acceptors (Lipinski definition) is 3. The zero-order valence-corrected chi connectivity index (χ0v) is 12.6. The fraction of sp³-hybridized carbons (Fsp3) is 0.500. The fourth-order valence-electron chi connectivity index (χ4n) is 2.33. The number of rotatable bonds is 7. The van der Waals surface area contributed by atoms with E-state index in [1.165, 1.54) is 11.1 Å². The second-order valence-corrected chi connectivity index (χ2v) is 5.15. The third kappa shape index (κ3) is 3.90. The van der Waals surface area contributed by atoms with Crippen LogP contribution in [0.4, 0.5) is 0 Å². The molecule has 2 rings (SSSR count). The van der Waals surface area contributed by atoms with Crippen LogP contribution in [-0.2, 0) is 13.0 Å². The molecule has 1 atom stereocenters. The Hall–Kier alpha value is -1.68. The van der Waals surface area contributed by atoms with Gasteiger partial charge >= 0.3 is 0 Å². The van der Waals surface area contributed by atoms with Crippen molar-refractivity contribution in [2.45, 2.75) is 46.2 Å². The van der Waals surface area contributed by atoms with Crippen LogP contribution in [0.1, 0.15) is 43.1 Å². The Labute approximate surface area is 121 Å². The molecule has 0 bridgehead atoms. The first kappa shape index (κ1) is 14.7. The molecule has 1 unspecified atom stereocenters. The molecular weight excluding hydrogens is 248 g/mol. The van der Waals surface area contributed by atoms with Crippen molar-refractivity contribution in [1.29, 1.82) is 0 Å². The highest BCUT2D eigenvalue weighted by atomic mass is 15.3. The lowest BCUT2D eigenvalue weighted by molar-refractivity contribution is 0.528. The predicted octanol–water partition coefficient (Wildman–Crippen LogP) is 2.89. The summed E-state index contributed by atoms with van der Waals surface area (Å²) >= 11 is 0. The Morgan fingerprint density at radius 1 is 1.35 bits per heavy atom. The minimum absolute atomic E-state index is 0.325. The van der Waals surface area contributed by atoms with Gasteiger partial charge in [0, 0.05) is 30.7 Å². The zero-order valence-electron chi connectivity index (χ0n) is 12.6. The van der Waals surface area contributed by atoms with Crippen LogP contribution >= 0.6 is 0 Å². The van der Waals surface area contributed by atoms with Gasteiger partial charge in [0.15, 0.2) is 0 Å². The lowest BCUT2D eigenvalue weighted by Crippen LogP contribution is -2.24. The first-order valence-electron chi connectivity index (χ1n) is 7.40. The summed E-state index contributed by atoms with van der Waals surface area (Å²) in [5.41, 5.74) is 3.64. The van der Waals surface area contributed by atoms with Gasteiger partial charge in [0.25, 0.3) is 0 Å². The zero-order chi connectivity index (χ0) is 14.4. The first-order valence-corrected chi connectivity index (χ1v) is 7.40. The van der Waals surface area contributed by atoms with Crippen LogP contribution in [0.25, 0.3) is 0 Å². The minimum Gasteiger partial charge on any atom is -0.310 e. The van der Waals surface area contributed by atoms with Gasteiger partial charge in [-0.3, -0.25) is 9.67 Å². The highest BCUT2D eigenvalue weighted by molar-refractivity contribution is 5.22. The van der Waals surface area contributed by atoms with E-state index in [0.29, 0.717) is 6.04 Å². The highest BCUT2D eigenvalue weighted by Crippen LogP contribution is 2.18. The van der Waals surface area contributed by atoms with E-state index in [-0.39, 0.29) is 0 Å². The Morgan fingerprint density at radius 2 is 2.20 bits per heavy atom. The van der Waals surface area contributed by atoms with Gasteiger partial charge in [0.05, 0.1) is 6.20 Å². The van der Waals surface area contributed by atoms with E-state index in [1.54, 1.807) is 0 Å². The van der Waals surface area contributed by atoms with Crippen molar-refractivity contribution in [3.8, 4) is 0 Å². The van der Waals surface area contributed by atoms with E-state index in [4.69, 9.17) is 0 Å². The number of aryl methyl sites for hydroxylation is 2. The average molecular weight is 272 g/mol. The van der Waals surface area contributed by atoms with Crippen LogP contribution < -0.4 is 5.32 Å². The fourth-order valence-corrected chi connectivity index (χ4v) is 2.33. The van der Waals surface area contributed by atoms with Crippen molar-refractivity contribution in [2.75, 3.05) is 6.54 Å². The second kappa shape index (κ2) is 7.20. The molecule has 4 nitrogen and oxygen atoms in total. The monoisotopic (exact) mass is 272 g/mol. The SMILES string of the molecule is CCCNC(Cc1cnn(CC)c1)c1ccnc(C)c1. The molecule has 20 heavy (non-hydrogen) atoms. The second-order valence-electron chi connectivity index (χ2n) is 5.15. The molecule has 0 fully saturated rings. The van der Waals surface area contributed by atoms with E-state index in [0.717, 1.165) is 31.6 Å². The summed E-state index contributed by atoms with van der Waals surface area (Å²) in [6.45, 7) is 8.28. The quantitative estimate of drug-likeness (QED) is 0.842. The summed E-state index contributed by atoms with van der Waals surface area (Å²) in [6, 6.07) is 4.59. The molecule has 4 heteroatoms. The maximum absolute atomic E-state index is 4.36. The van der Waals surface area contributed by atoms with Crippen molar-refractivity contribution in [1.82, 2.24) is 20.1 Å². The largest absolute Gasteiger partial charge is 0.310 e. The number of hydrogen-bond donors (Lipinski definition) is 1. The molecular formula is C16H24N4. The predicted molar refractivity (Wildman–Crippen MR) is 81.6 cm³/mol. The maximum atomic E-state index is 4.36. The van der Waals surface area contributed by atoms with E-state index < -0.39 is 0 Å². The van der Waals surface area contributed by atoms with Gasteiger partial charge in [-0.2, -0.15) is 5.10 Å². The van der Waals surface area contributed by atoms with Crippen LogP contribution in [0.5, 0.6) is 0 Å². The summed E-state index contributed by atoms with van der Waals surface area (Å²) < 4.78 is 1.98. The maximum Gasteiger partial charge on any atom is 0.0522 e. The molecule has 0 amide bonds. The molecule has 0 saturated heterocycles. The summed E-state index contributed by atoms with van der Waals surface area (Å²) in [7, 11) is 0. The van der Waals surface area contributed by atoms with Gasteiger partial charge in [-0.05, 0) is 56.5 Å². The lowest BCUT2D eigenvalue weighted by atomic mass is 10.0. The van der Waals surface area contributed by atoms with Gasteiger partial charge in [-0.1, -0.05) is 6.92 Å². The molecule has 0 radical (unpaired) electrons. The number of nitrogens with one attached hydrogen (secondary N) is 1. The Morgan fingerprint density at radius 3 is 2.85 bits per heavy atom. The Kier molecular flexibility index (Phi) is 5.30. The molecule has 0 aliphatic carbocycles. The van der Waals surface area contributed by atoms with Gasteiger partial charge in [-0.15, -0.1) is 0 Å². The third-order valence-electron chi connectivity index (χ3n) is 3.41. The topological polar surface area (TPSA) is 42.7 Å². The van der Waals surface area contributed by atoms with Gasteiger partial charge in [0.1, 0.15) is 0 Å². The lowest BCUT2D eigenvalue weighted by Gasteiger charge is -2.18. The number of nitrogens with zero attached hydrogens (tertiary/aromatic N) is 3. The standard InChI is InChI=1S/C16H24N4/c1-4-7-18-16(15-6-8-17-13(3)9-15)10-14-11-19-20(5-2)12-14/h6,8-9,11-12,16,18H,4-5,7,10H2,1-3H3. The van der Waals surface area contributed by atoms with Crippen molar-refractivity contribution in [3.63, 3.8) is 0 Å². The molecule has 0 saturated carbocycles. The van der Waals surface area contributed by atoms with E-state index in [1.807, 2.05) is 24.0 Å². The van der Waals surface area contributed by atoms with Crippen LogP contribution in [0.15, 0.2) is 30.7 Å². The van der Waals surface area contributed by atoms with Crippen LogP contribution in [-0.4, -0.2) is 21.3 Å². The Balaban J connectivity index is 2.14. The molecule has 0 aliphatic rings. The highest BCUT2D eigenvalue weighted by Gasteiger charge is 2.13. The molecule has 2 heterocycles. The average Bonchev–Trinajstić information content (AvgIpc) is 2.91. The minimum atomic E-state index is 0.325. The Bertz CT molecular complexity index is 533. The van der Waals surface area contributed by atoms with Crippen LogP contribution in [0.2, 0.25) is 0 Å². The van der Waals surface area contributed by atoms with Crippen LogP contribution in [0.3, 0.4) is 0 Å². The molecule has 0 aromatic carbocycles. The van der Waals surface area contributed by atoms with Gasteiger partial charge in [0.2, 0.25) is 0 Å². The summed E-state index contributed by atoms with van der Waals surface area (Å²) in [5, 5.41) is 7.98. The van der Waals surface area contributed by atoms with E-state index in [2.05, 4.69) is 47.6 Å². The number of aromatic nitrogens is 3.